The molecule has 0 aromatic rings. The number of hydrogen-bond acceptors (Lipinski definition) is 3. The first-order valence-corrected chi connectivity index (χ1v) is 7.71. The number of carbonyl (C=O) groups excluding carboxylic acids is 2. The first-order valence-electron chi connectivity index (χ1n) is 6.90. The number of imide groups is 1. The molecule has 6 heteroatoms. The van der Waals surface area contributed by atoms with Crippen LogP contribution in [0.1, 0.15) is 20.3 Å². The molecule has 1 unspecified atom stereocenters. The maximum atomic E-state index is 10.9. The minimum absolute atomic E-state index is 0.0417. The Kier molecular flexibility index (Phi) is 6.91. The average molecular weight is 343 g/mol. The normalized spacial score (nSPS) is 20.7. The van der Waals surface area contributed by atoms with Crippen molar-refractivity contribution in [2.45, 2.75) is 25.6 Å². The molecule has 1 aliphatic carbocycles. The minimum Gasteiger partial charge on any atom is -0.372 e. The predicted octanol–water partition coefficient (Wildman–Crippen LogP) is 3.10. The molecule has 0 bridgehead atoms. The van der Waals surface area contributed by atoms with Gasteiger partial charge < -0.3 is 4.90 Å². The minimum atomic E-state index is -0.527. The molecule has 0 saturated heterocycles. The average Bonchev–Trinajstić information content (AvgIpc) is 2.60. The van der Waals surface area contributed by atoms with Gasteiger partial charge >= 0.3 is 0 Å². The lowest BCUT2D eigenvalue weighted by atomic mass is 10.1. The van der Waals surface area contributed by atoms with Crippen LogP contribution in [0.4, 0.5) is 0 Å². The molecule has 0 aromatic carbocycles. The Bertz CT molecular complexity index is 587. The van der Waals surface area contributed by atoms with E-state index in [1.165, 1.54) is 16.0 Å². The Labute approximate surface area is 141 Å². The second-order valence-electron chi connectivity index (χ2n) is 5.11. The van der Waals surface area contributed by atoms with Gasteiger partial charge in [-0.05, 0) is 18.9 Å². The molecule has 0 fully saturated rings. The molecule has 22 heavy (non-hydrogen) atoms. The number of hydrogen-bond donors (Lipinski definition) is 1. The van der Waals surface area contributed by atoms with Gasteiger partial charge in [0, 0.05) is 14.1 Å². The lowest BCUT2D eigenvalue weighted by Crippen LogP contribution is -2.26. The van der Waals surface area contributed by atoms with Crippen molar-refractivity contribution in [1.82, 2.24) is 10.2 Å². The molecule has 0 aromatic heterocycles. The van der Waals surface area contributed by atoms with Crippen LogP contribution in [-0.2, 0) is 9.59 Å². The summed E-state index contributed by atoms with van der Waals surface area (Å²) >= 11 is 11.6. The maximum absolute atomic E-state index is 10.9. The number of rotatable bonds is 2. The van der Waals surface area contributed by atoms with Crippen LogP contribution in [0, 0.1) is 0 Å². The predicted molar refractivity (Wildman–Crippen MR) is 90.6 cm³/mol. The summed E-state index contributed by atoms with van der Waals surface area (Å²) in [6.45, 7) is 4.21. The monoisotopic (exact) mass is 342 g/mol. The SMILES string of the molecule is CCC1=CC=C(C)C=CC1Cl.CN(C)C1=C(Cl)C(=O)NC1=O. The van der Waals surface area contributed by atoms with Crippen molar-refractivity contribution in [3.05, 3.63) is 46.2 Å². The standard InChI is InChI=1S/C10H13Cl.C6H7ClN2O2/c1-3-9-6-4-8(2)5-7-10(9)11;1-9(2)4-3(7)5(10)8-6(4)11/h4-7,10H,3H2,1-2H3;1-2H3,(H,8,10,11). The second kappa shape index (κ2) is 8.20. The highest BCUT2D eigenvalue weighted by atomic mass is 35.5. The molecule has 1 N–H and O–H groups in total. The molecule has 1 heterocycles. The van der Waals surface area contributed by atoms with Gasteiger partial charge in [0.15, 0.2) is 0 Å². The van der Waals surface area contributed by atoms with Crippen LogP contribution in [0.25, 0.3) is 0 Å². The summed E-state index contributed by atoms with van der Waals surface area (Å²) in [4.78, 5) is 23.2. The molecule has 2 aliphatic rings. The highest BCUT2D eigenvalue weighted by molar-refractivity contribution is 6.47. The third-order valence-electron chi connectivity index (χ3n) is 3.15. The summed E-state index contributed by atoms with van der Waals surface area (Å²) in [6, 6.07) is 0. The number of nitrogens with zero attached hydrogens (tertiary/aromatic N) is 1. The molecular weight excluding hydrogens is 323 g/mol. The fourth-order valence-electron chi connectivity index (χ4n) is 1.88. The van der Waals surface area contributed by atoms with Crippen LogP contribution < -0.4 is 5.32 Å². The number of nitrogens with one attached hydrogen (secondary N) is 1. The molecular formula is C16H20Cl2N2O2. The van der Waals surface area contributed by atoms with Crippen LogP contribution in [-0.4, -0.2) is 36.2 Å². The molecule has 4 nitrogen and oxygen atoms in total. The fraction of sp³-hybridized carbons (Fsp3) is 0.375. The molecule has 120 valence electrons. The van der Waals surface area contributed by atoms with Crippen LogP contribution in [0.15, 0.2) is 46.2 Å². The van der Waals surface area contributed by atoms with Crippen LogP contribution >= 0.6 is 23.2 Å². The topological polar surface area (TPSA) is 49.4 Å². The molecule has 0 spiro atoms. The van der Waals surface area contributed by atoms with E-state index in [9.17, 15) is 9.59 Å². The lowest BCUT2D eigenvalue weighted by molar-refractivity contribution is -0.124. The van der Waals surface area contributed by atoms with Crippen molar-refractivity contribution in [2.24, 2.45) is 0 Å². The van der Waals surface area contributed by atoms with E-state index in [2.05, 4.69) is 37.4 Å². The van der Waals surface area contributed by atoms with Crippen molar-refractivity contribution < 1.29 is 9.59 Å². The van der Waals surface area contributed by atoms with Gasteiger partial charge in [-0.2, -0.15) is 0 Å². The molecule has 2 amide bonds. The lowest BCUT2D eigenvalue weighted by Gasteiger charge is -2.10. The Morgan fingerprint density at radius 3 is 2.27 bits per heavy atom. The molecule has 2 rings (SSSR count). The van der Waals surface area contributed by atoms with Gasteiger partial charge in [-0.3, -0.25) is 14.9 Å². The van der Waals surface area contributed by atoms with E-state index in [1.807, 2.05) is 6.08 Å². The van der Waals surface area contributed by atoms with E-state index < -0.39 is 11.8 Å². The molecule has 1 atom stereocenters. The smallest absolute Gasteiger partial charge is 0.276 e. The van der Waals surface area contributed by atoms with Gasteiger partial charge in [0.25, 0.3) is 11.8 Å². The van der Waals surface area contributed by atoms with E-state index in [-0.39, 0.29) is 16.1 Å². The van der Waals surface area contributed by atoms with Crippen molar-refractivity contribution in [3.8, 4) is 0 Å². The van der Waals surface area contributed by atoms with E-state index in [0.717, 1.165) is 6.42 Å². The van der Waals surface area contributed by atoms with E-state index in [1.54, 1.807) is 14.1 Å². The van der Waals surface area contributed by atoms with Gasteiger partial charge in [0.1, 0.15) is 10.7 Å². The number of amides is 2. The van der Waals surface area contributed by atoms with Gasteiger partial charge in [-0.25, -0.2) is 0 Å². The Balaban J connectivity index is 0.000000220. The van der Waals surface area contributed by atoms with Crippen molar-refractivity contribution >= 4 is 35.0 Å². The van der Waals surface area contributed by atoms with Gasteiger partial charge in [-0.15, -0.1) is 11.6 Å². The van der Waals surface area contributed by atoms with Crippen molar-refractivity contribution in [3.63, 3.8) is 0 Å². The third-order valence-corrected chi connectivity index (χ3v) is 3.92. The summed E-state index contributed by atoms with van der Waals surface area (Å²) in [5.41, 5.74) is 2.77. The number of carbonyl (C=O) groups is 2. The summed E-state index contributed by atoms with van der Waals surface area (Å²) in [5, 5.41) is 2.12. The maximum Gasteiger partial charge on any atom is 0.276 e. The largest absolute Gasteiger partial charge is 0.372 e. The summed E-state index contributed by atoms with van der Waals surface area (Å²) < 4.78 is 0. The molecule has 0 radical (unpaired) electrons. The van der Waals surface area contributed by atoms with Crippen LogP contribution in [0.3, 0.4) is 0 Å². The van der Waals surface area contributed by atoms with E-state index in [4.69, 9.17) is 23.2 Å². The Morgan fingerprint density at radius 1 is 1.23 bits per heavy atom. The molecule has 1 aliphatic heterocycles. The third kappa shape index (κ3) is 4.75. The zero-order valence-electron chi connectivity index (χ0n) is 13.1. The van der Waals surface area contributed by atoms with Gasteiger partial charge in [0.2, 0.25) is 0 Å². The number of likely N-dealkylation sites (N-methyl/N-ethyl adjacent to an activating group) is 1. The Hall–Kier alpha value is -1.52. The number of halogens is 2. The first-order chi connectivity index (χ1) is 10.3. The zero-order chi connectivity index (χ0) is 16.9. The summed E-state index contributed by atoms with van der Waals surface area (Å²) in [6.07, 6.45) is 9.36. The second-order valence-corrected chi connectivity index (χ2v) is 5.96. The van der Waals surface area contributed by atoms with Gasteiger partial charge in [-0.1, -0.05) is 48.4 Å². The van der Waals surface area contributed by atoms with Crippen LogP contribution in [0.2, 0.25) is 0 Å². The summed E-state index contributed by atoms with van der Waals surface area (Å²) in [5.74, 6) is -0.967. The van der Waals surface area contributed by atoms with Crippen molar-refractivity contribution in [1.29, 1.82) is 0 Å². The highest BCUT2D eigenvalue weighted by Crippen LogP contribution is 2.19. The van der Waals surface area contributed by atoms with Crippen LogP contribution in [0.5, 0.6) is 0 Å². The quantitative estimate of drug-likeness (QED) is 0.619. The van der Waals surface area contributed by atoms with Crippen molar-refractivity contribution in [2.75, 3.05) is 14.1 Å². The van der Waals surface area contributed by atoms with E-state index >= 15 is 0 Å². The fourth-order valence-corrected chi connectivity index (χ4v) is 2.48. The number of alkyl halides is 1. The van der Waals surface area contributed by atoms with Gasteiger partial charge in [0.05, 0.1) is 5.38 Å². The van der Waals surface area contributed by atoms with E-state index in [0.29, 0.717) is 0 Å². The summed E-state index contributed by atoms with van der Waals surface area (Å²) in [7, 11) is 3.30. The first kappa shape index (κ1) is 18.5. The zero-order valence-corrected chi connectivity index (χ0v) is 14.6. The molecule has 0 saturated carbocycles. The number of allylic oxidation sites excluding steroid dienone is 6. The Morgan fingerprint density at radius 2 is 1.86 bits per heavy atom. The highest BCUT2D eigenvalue weighted by Gasteiger charge is 2.30.